The van der Waals surface area contributed by atoms with E-state index in [1.807, 2.05) is 0 Å². The Labute approximate surface area is 179 Å². The summed E-state index contributed by atoms with van der Waals surface area (Å²) in [5, 5.41) is 0.154. The van der Waals surface area contributed by atoms with Gasteiger partial charge in [0.25, 0.3) is 5.91 Å². The van der Waals surface area contributed by atoms with Crippen molar-refractivity contribution in [1.29, 1.82) is 0 Å². The quantitative estimate of drug-likeness (QED) is 0.630. The fourth-order valence-electron chi connectivity index (χ4n) is 3.43. The molecule has 1 aliphatic heterocycles. The van der Waals surface area contributed by atoms with Crippen LogP contribution in [-0.4, -0.2) is 42.9 Å². The molecule has 0 unspecified atom stereocenters. The molecule has 0 saturated carbocycles. The lowest BCUT2D eigenvalue weighted by molar-refractivity contribution is -0.141. The molecule has 2 aromatic rings. The molecular formula is C21H22ClF2NO4S. The van der Waals surface area contributed by atoms with E-state index < -0.39 is 39.5 Å². The molecule has 0 radical (unpaired) electrons. The summed E-state index contributed by atoms with van der Waals surface area (Å²) in [7, 11) is -3.29. The third-order valence-electron chi connectivity index (χ3n) is 5.06. The van der Waals surface area contributed by atoms with E-state index in [0.29, 0.717) is 5.75 Å². The summed E-state index contributed by atoms with van der Waals surface area (Å²) in [6.45, 7) is 1.57. The van der Waals surface area contributed by atoms with E-state index in [1.54, 1.807) is 6.92 Å². The minimum absolute atomic E-state index is 0.0396. The summed E-state index contributed by atoms with van der Waals surface area (Å²) in [5.74, 6) is -1.41. The van der Waals surface area contributed by atoms with Gasteiger partial charge in [0.2, 0.25) is 0 Å². The highest BCUT2D eigenvalue weighted by Gasteiger charge is 2.38. The summed E-state index contributed by atoms with van der Waals surface area (Å²) >= 11 is 6.14. The molecule has 3 rings (SSSR count). The SMILES string of the molecule is CC[C@H](Oc1ccc(F)cc1)C(=O)N(Cc1c(F)cccc1Cl)[C@H]1CCS(=O)(=O)C1. The van der Waals surface area contributed by atoms with Crippen LogP contribution in [0.25, 0.3) is 0 Å². The molecule has 0 aliphatic carbocycles. The van der Waals surface area contributed by atoms with E-state index in [4.69, 9.17) is 16.3 Å². The lowest BCUT2D eigenvalue weighted by atomic mass is 10.1. The number of benzene rings is 2. The van der Waals surface area contributed by atoms with Crippen molar-refractivity contribution in [3.8, 4) is 5.75 Å². The fourth-order valence-corrected chi connectivity index (χ4v) is 5.39. The van der Waals surface area contributed by atoms with Gasteiger partial charge in [0.15, 0.2) is 15.9 Å². The van der Waals surface area contributed by atoms with Crippen LogP contribution < -0.4 is 4.74 Å². The van der Waals surface area contributed by atoms with E-state index in [9.17, 15) is 22.0 Å². The zero-order valence-corrected chi connectivity index (χ0v) is 17.9. The van der Waals surface area contributed by atoms with E-state index in [0.717, 1.165) is 0 Å². The van der Waals surface area contributed by atoms with E-state index in [1.165, 1.54) is 47.4 Å². The number of halogens is 3. The van der Waals surface area contributed by atoms with Crippen LogP contribution in [0.5, 0.6) is 5.75 Å². The number of sulfone groups is 1. The minimum atomic E-state index is -3.29. The van der Waals surface area contributed by atoms with Crippen molar-refractivity contribution < 1.29 is 26.7 Å². The lowest BCUT2D eigenvalue weighted by Gasteiger charge is -2.32. The second-order valence-corrected chi connectivity index (χ2v) is 9.83. The predicted octanol–water partition coefficient (Wildman–Crippen LogP) is 3.99. The van der Waals surface area contributed by atoms with Crippen molar-refractivity contribution in [2.45, 2.75) is 38.5 Å². The smallest absolute Gasteiger partial charge is 0.264 e. The second-order valence-electron chi connectivity index (χ2n) is 7.19. The highest BCUT2D eigenvalue weighted by atomic mass is 35.5. The molecule has 1 amide bonds. The molecular weight excluding hydrogens is 436 g/mol. The maximum absolute atomic E-state index is 14.4. The van der Waals surface area contributed by atoms with Gasteiger partial charge >= 0.3 is 0 Å². The van der Waals surface area contributed by atoms with Gasteiger partial charge in [-0.1, -0.05) is 24.6 Å². The number of amides is 1. The number of carbonyl (C=O) groups is 1. The molecule has 0 aromatic heterocycles. The topological polar surface area (TPSA) is 63.7 Å². The molecule has 0 spiro atoms. The first-order valence-electron chi connectivity index (χ1n) is 9.56. The van der Waals surface area contributed by atoms with Crippen molar-refractivity contribution in [1.82, 2.24) is 4.90 Å². The van der Waals surface area contributed by atoms with Crippen LogP contribution in [0.4, 0.5) is 8.78 Å². The highest BCUT2D eigenvalue weighted by Crippen LogP contribution is 2.27. The Morgan fingerprint density at radius 1 is 1.23 bits per heavy atom. The van der Waals surface area contributed by atoms with Crippen LogP contribution in [0.1, 0.15) is 25.3 Å². The summed E-state index contributed by atoms with van der Waals surface area (Å²) in [6.07, 6.45) is -0.395. The number of ether oxygens (including phenoxy) is 1. The van der Waals surface area contributed by atoms with Crippen molar-refractivity contribution in [3.05, 3.63) is 64.7 Å². The first-order valence-corrected chi connectivity index (χ1v) is 11.8. The van der Waals surface area contributed by atoms with Gasteiger partial charge in [0.05, 0.1) is 18.1 Å². The van der Waals surface area contributed by atoms with Gasteiger partial charge in [-0.2, -0.15) is 0 Å². The summed E-state index contributed by atoms with van der Waals surface area (Å²) < 4.78 is 57.3. The van der Waals surface area contributed by atoms with Gasteiger partial charge in [-0.3, -0.25) is 4.79 Å². The number of hydrogen-bond acceptors (Lipinski definition) is 4. The van der Waals surface area contributed by atoms with E-state index in [2.05, 4.69) is 0 Å². The molecule has 9 heteroatoms. The number of nitrogens with zero attached hydrogens (tertiary/aromatic N) is 1. The second kappa shape index (κ2) is 9.31. The van der Waals surface area contributed by atoms with Crippen molar-refractivity contribution in [2.24, 2.45) is 0 Å². The lowest BCUT2D eigenvalue weighted by Crippen LogP contribution is -2.47. The number of hydrogen-bond donors (Lipinski definition) is 0. The molecule has 1 fully saturated rings. The monoisotopic (exact) mass is 457 g/mol. The number of carbonyl (C=O) groups excluding carboxylic acids is 1. The largest absolute Gasteiger partial charge is 0.481 e. The average Bonchev–Trinajstić information content (AvgIpc) is 3.06. The molecule has 30 heavy (non-hydrogen) atoms. The van der Waals surface area contributed by atoms with Crippen LogP contribution in [-0.2, 0) is 21.2 Å². The average molecular weight is 458 g/mol. The molecule has 2 aromatic carbocycles. The summed E-state index contributed by atoms with van der Waals surface area (Å²) in [6, 6.07) is 8.85. The molecule has 2 atom stereocenters. The van der Waals surface area contributed by atoms with Crippen molar-refractivity contribution in [2.75, 3.05) is 11.5 Å². The maximum atomic E-state index is 14.4. The third kappa shape index (κ3) is 5.29. The fraction of sp³-hybridized carbons (Fsp3) is 0.381. The van der Waals surface area contributed by atoms with Crippen LogP contribution in [0.15, 0.2) is 42.5 Å². The van der Waals surface area contributed by atoms with E-state index in [-0.39, 0.29) is 41.5 Å². The maximum Gasteiger partial charge on any atom is 0.264 e. The van der Waals surface area contributed by atoms with Gasteiger partial charge in [-0.15, -0.1) is 0 Å². The van der Waals surface area contributed by atoms with Gasteiger partial charge in [-0.05, 0) is 49.2 Å². The zero-order chi connectivity index (χ0) is 21.9. The zero-order valence-electron chi connectivity index (χ0n) is 16.4. The Morgan fingerprint density at radius 3 is 2.50 bits per heavy atom. The third-order valence-corrected chi connectivity index (χ3v) is 7.17. The molecule has 1 aliphatic rings. The Hall–Kier alpha value is -2.19. The molecule has 0 N–H and O–H groups in total. The molecule has 5 nitrogen and oxygen atoms in total. The molecule has 0 bridgehead atoms. The Kier molecular flexibility index (Phi) is 6.98. The normalized spacial score (nSPS) is 18.7. The predicted molar refractivity (Wildman–Crippen MR) is 110 cm³/mol. The molecule has 1 saturated heterocycles. The minimum Gasteiger partial charge on any atom is -0.481 e. The molecule has 162 valence electrons. The van der Waals surface area contributed by atoms with E-state index >= 15 is 0 Å². The van der Waals surface area contributed by atoms with Crippen LogP contribution in [0, 0.1) is 11.6 Å². The van der Waals surface area contributed by atoms with Crippen molar-refractivity contribution in [3.63, 3.8) is 0 Å². The summed E-state index contributed by atoms with van der Waals surface area (Å²) in [4.78, 5) is 14.7. The van der Waals surface area contributed by atoms with Gasteiger partial charge in [0.1, 0.15) is 17.4 Å². The Morgan fingerprint density at radius 2 is 1.93 bits per heavy atom. The van der Waals surface area contributed by atoms with Crippen LogP contribution in [0.3, 0.4) is 0 Å². The Balaban J connectivity index is 1.89. The van der Waals surface area contributed by atoms with Crippen LogP contribution in [0.2, 0.25) is 5.02 Å². The number of rotatable bonds is 7. The standard InChI is InChI=1S/C21H22ClF2NO4S/c1-2-20(29-16-8-6-14(23)7-9-16)21(26)25(15-10-11-30(27,28)13-15)12-17-18(22)4-3-5-19(17)24/h3-9,15,20H,2,10-13H2,1H3/t15-,20-/m0/s1. The highest BCUT2D eigenvalue weighted by molar-refractivity contribution is 7.91. The van der Waals surface area contributed by atoms with Gasteiger partial charge in [-0.25, -0.2) is 17.2 Å². The van der Waals surface area contributed by atoms with Gasteiger partial charge < -0.3 is 9.64 Å². The van der Waals surface area contributed by atoms with Crippen LogP contribution >= 0.6 is 11.6 Å². The van der Waals surface area contributed by atoms with Crippen molar-refractivity contribution >= 4 is 27.3 Å². The first-order chi connectivity index (χ1) is 14.2. The Bertz CT molecular complexity index is 994. The summed E-state index contributed by atoms with van der Waals surface area (Å²) in [5.41, 5.74) is 0.119. The first kappa shape index (κ1) is 22.5. The molecule has 1 heterocycles. The van der Waals surface area contributed by atoms with Gasteiger partial charge in [0, 0.05) is 16.6 Å².